The Hall–Kier alpha value is -1.03. The molecule has 0 saturated heterocycles. The molecular weight excluding hydrogens is 270 g/mol. The molecule has 1 aromatic carbocycles. The number of nitrogens with one attached hydrogen (secondary N) is 1. The smallest absolute Gasteiger partial charge is 0.178 e. The van der Waals surface area contributed by atoms with Gasteiger partial charge in [0.15, 0.2) is 9.84 Å². The first-order chi connectivity index (χ1) is 9.40. The Labute approximate surface area is 122 Å². The van der Waals surface area contributed by atoms with Crippen molar-refractivity contribution in [1.29, 1.82) is 0 Å². The van der Waals surface area contributed by atoms with Crippen molar-refractivity contribution in [3.05, 3.63) is 24.3 Å². The van der Waals surface area contributed by atoms with Gasteiger partial charge in [0.1, 0.15) is 0 Å². The molecule has 0 aliphatic heterocycles. The van der Waals surface area contributed by atoms with Crippen LogP contribution in [0, 0.1) is 11.8 Å². The second-order valence-electron chi connectivity index (χ2n) is 6.19. The Morgan fingerprint density at radius 2 is 1.60 bits per heavy atom. The molecule has 1 aliphatic rings. The zero-order valence-electron chi connectivity index (χ0n) is 12.6. The maximum atomic E-state index is 11.8. The Morgan fingerprint density at radius 3 is 2.10 bits per heavy atom. The number of anilines is 1. The number of sulfone groups is 1. The predicted molar refractivity (Wildman–Crippen MR) is 83.8 cm³/mol. The summed E-state index contributed by atoms with van der Waals surface area (Å²) in [5.41, 5.74) is 1.02. The predicted octanol–water partition coefficient (Wildman–Crippen LogP) is 3.72. The van der Waals surface area contributed by atoms with Gasteiger partial charge in [-0.1, -0.05) is 20.8 Å². The summed E-state index contributed by atoms with van der Waals surface area (Å²) in [5, 5.41) is 3.54. The molecule has 1 saturated carbocycles. The topological polar surface area (TPSA) is 46.2 Å². The fourth-order valence-corrected chi connectivity index (χ4v) is 4.11. The van der Waals surface area contributed by atoms with Gasteiger partial charge in [0, 0.05) is 11.7 Å². The highest BCUT2D eigenvalue weighted by molar-refractivity contribution is 7.91. The fourth-order valence-electron chi connectivity index (χ4n) is 3.23. The average molecular weight is 295 g/mol. The highest BCUT2D eigenvalue weighted by Crippen LogP contribution is 2.30. The van der Waals surface area contributed by atoms with Gasteiger partial charge in [0.05, 0.1) is 10.6 Å². The molecule has 1 aromatic rings. The Balaban J connectivity index is 2.04. The maximum absolute atomic E-state index is 11.8. The summed E-state index contributed by atoms with van der Waals surface area (Å²) in [6, 6.07) is 7.68. The van der Waals surface area contributed by atoms with Crippen molar-refractivity contribution in [1.82, 2.24) is 0 Å². The van der Waals surface area contributed by atoms with Crippen LogP contribution in [0.1, 0.15) is 40.0 Å². The monoisotopic (exact) mass is 295 g/mol. The van der Waals surface area contributed by atoms with Crippen molar-refractivity contribution in [3.8, 4) is 0 Å². The number of rotatable bonds is 4. The van der Waals surface area contributed by atoms with E-state index in [0.29, 0.717) is 10.9 Å². The molecule has 0 amide bonds. The lowest BCUT2D eigenvalue weighted by Gasteiger charge is -2.32. The number of benzene rings is 1. The molecule has 0 bridgehead atoms. The van der Waals surface area contributed by atoms with Crippen molar-refractivity contribution in [2.24, 2.45) is 11.8 Å². The van der Waals surface area contributed by atoms with Crippen LogP contribution in [0.25, 0.3) is 0 Å². The molecule has 1 N–H and O–H groups in total. The van der Waals surface area contributed by atoms with E-state index in [9.17, 15) is 8.42 Å². The van der Waals surface area contributed by atoms with E-state index in [1.807, 2.05) is 12.1 Å². The SMILES string of the molecule is CCS(=O)(=O)c1ccc(NC2CC(C)CC(C)C2)cc1. The van der Waals surface area contributed by atoms with Gasteiger partial charge in [0.2, 0.25) is 0 Å². The Morgan fingerprint density at radius 1 is 1.05 bits per heavy atom. The minimum absolute atomic E-state index is 0.150. The third kappa shape index (κ3) is 3.75. The van der Waals surface area contributed by atoms with E-state index in [-0.39, 0.29) is 5.75 Å². The van der Waals surface area contributed by atoms with Gasteiger partial charge in [-0.3, -0.25) is 0 Å². The molecule has 0 spiro atoms. The lowest BCUT2D eigenvalue weighted by atomic mass is 9.80. The third-order valence-corrected chi connectivity index (χ3v) is 5.89. The Bertz CT molecular complexity index is 526. The zero-order valence-corrected chi connectivity index (χ0v) is 13.4. The molecule has 2 rings (SSSR count). The number of hydrogen-bond donors (Lipinski definition) is 1. The summed E-state index contributed by atoms with van der Waals surface area (Å²) in [6.45, 7) is 6.29. The molecule has 2 atom stereocenters. The molecule has 0 aromatic heterocycles. The molecule has 4 heteroatoms. The van der Waals surface area contributed by atoms with Crippen molar-refractivity contribution >= 4 is 15.5 Å². The molecule has 2 unspecified atom stereocenters. The summed E-state index contributed by atoms with van der Waals surface area (Å²) >= 11 is 0. The summed E-state index contributed by atoms with van der Waals surface area (Å²) in [6.07, 6.45) is 3.70. The molecule has 0 heterocycles. The summed E-state index contributed by atoms with van der Waals surface area (Å²) in [5.74, 6) is 1.67. The van der Waals surface area contributed by atoms with Gasteiger partial charge in [-0.05, 0) is 55.4 Å². The molecule has 20 heavy (non-hydrogen) atoms. The van der Waals surface area contributed by atoms with E-state index in [4.69, 9.17) is 0 Å². The minimum atomic E-state index is -3.09. The minimum Gasteiger partial charge on any atom is -0.382 e. The number of hydrogen-bond acceptors (Lipinski definition) is 3. The van der Waals surface area contributed by atoms with E-state index in [1.54, 1.807) is 19.1 Å². The van der Waals surface area contributed by atoms with E-state index in [0.717, 1.165) is 17.5 Å². The standard InChI is InChI=1S/C16H25NO2S/c1-4-20(18,19)16-7-5-14(6-8-16)17-15-10-12(2)9-13(3)11-15/h5-8,12-13,15,17H,4,9-11H2,1-3H3. The average Bonchev–Trinajstić information content (AvgIpc) is 2.38. The first kappa shape index (κ1) is 15.4. The van der Waals surface area contributed by atoms with Gasteiger partial charge >= 0.3 is 0 Å². The van der Waals surface area contributed by atoms with Gasteiger partial charge in [0.25, 0.3) is 0 Å². The highest BCUT2D eigenvalue weighted by Gasteiger charge is 2.23. The van der Waals surface area contributed by atoms with Crippen molar-refractivity contribution in [2.75, 3.05) is 11.1 Å². The van der Waals surface area contributed by atoms with Crippen LogP contribution in [0.5, 0.6) is 0 Å². The zero-order chi connectivity index (χ0) is 14.8. The van der Waals surface area contributed by atoms with E-state index >= 15 is 0 Å². The van der Waals surface area contributed by atoms with Gasteiger partial charge < -0.3 is 5.32 Å². The largest absolute Gasteiger partial charge is 0.382 e. The van der Waals surface area contributed by atoms with Crippen LogP contribution in [0.2, 0.25) is 0 Å². The summed E-state index contributed by atoms with van der Waals surface area (Å²) in [4.78, 5) is 0.413. The second kappa shape index (κ2) is 6.17. The Kier molecular flexibility index (Phi) is 4.74. The first-order valence-corrected chi connectivity index (χ1v) is 9.15. The van der Waals surface area contributed by atoms with Crippen LogP contribution >= 0.6 is 0 Å². The maximum Gasteiger partial charge on any atom is 0.178 e. The van der Waals surface area contributed by atoms with Gasteiger partial charge in [-0.25, -0.2) is 8.42 Å². The first-order valence-electron chi connectivity index (χ1n) is 7.50. The van der Waals surface area contributed by atoms with Crippen LogP contribution < -0.4 is 5.32 Å². The van der Waals surface area contributed by atoms with Crippen molar-refractivity contribution in [3.63, 3.8) is 0 Å². The second-order valence-corrected chi connectivity index (χ2v) is 8.46. The fraction of sp³-hybridized carbons (Fsp3) is 0.625. The van der Waals surface area contributed by atoms with E-state index in [2.05, 4.69) is 19.2 Å². The summed E-state index contributed by atoms with van der Waals surface area (Å²) in [7, 11) is -3.09. The lowest BCUT2D eigenvalue weighted by Crippen LogP contribution is -2.30. The molecule has 1 fully saturated rings. The molecule has 3 nitrogen and oxygen atoms in total. The van der Waals surface area contributed by atoms with Gasteiger partial charge in [-0.15, -0.1) is 0 Å². The molecule has 0 radical (unpaired) electrons. The summed E-state index contributed by atoms with van der Waals surface area (Å²) < 4.78 is 23.5. The normalized spacial score (nSPS) is 27.2. The van der Waals surface area contributed by atoms with Crippen molar-refractivity contribution in [2.45, 2.75) is 51.0 Å². The van der Waals surface area contributed by atoms with Crippen LogP contribution in [0.4, 0.5) is 5.69 Å². The van der Waals surface area contributed by atoms with E-state index < -0.39 is 9.84 Å². The molecular formula is C16H25NO2S. The highest BCUT2D eigenvalue weighted by atomic mass is 32.2. The van der Waals surface area contributed by atoms with Gasteiger partial charge in [-0.2, -0.15) is 0 Å². The third-order valence-electron chi connectivity index (χ3n) is 4.14. The van der Waals surface area contributed by atoms with Crippen LogP contribution in [-0.2, 0) is 9.84 Å². The van der Waals surface area contributed by atoms with E-state index in [1.165, 1.54) is 19.3 Å². The quantitative estimate of drug-likeness (QED) is 0.921. The van der Waals surface area contributed by atoms with Crippen molar-refractivity contribution < 1.29 is 8.42 Å². The van der Waals surface area contributed by atoms with Crippen LogP contribution in [0.3, 0.4) is 0 Å². The molecule has 112 valence electrons. The molecule has 1 aliphatic carbocycles. The van der Waals surface area contributed by atoms with Crippen LogP contribution in [-0.4, -0.2) is 20.2 Å². The van der Waals surface area contributed by atoms with Crippen LogP contribution in [0.15, 0.2) is 29.2 Å². The lowest BCUT2D eigenvalue weighted by molar-refractivity contribution is 0.281.